The molecule has 1 aromatic carbocycles. The van der Waals surface area contributed by atoms with Gasteiger partial charge in [-0.25, -0.2) is 15.0 Å². The zero-order valence-corrected chi connectivity index (χ0v) is 17.3. The van der Waals surface area contributed by atoms with Crippen LogP contribution in [0, 0.1) is 5.92 Å². The Labute approximate surface area is 170 Å². The van der Waals surface area contributed by atoms with Crippen LogP contribution in [0.3, 0.4) is 0 Å². The molecule has 1 rings (SSSR count). The van der Waals surface area contributed by atoms with E-state index in [-0.39, 0.29) is 18.9 Å². The van der Waals surface area contributed by atoms with E-state index in [4.69, 9.17) is 9.29 Å². The first-order valence-corrected chi connectivity index (χ1v) is 10.8. The number of ether oxygens (including phenoxy) is 1. The number of esters is 2. The molecule has 1 aromatic rings. The lowest BCUT2D eigenvalue weighted by Gasteiger charge is -2.22. The summed E-state index contributed by atoms with van der Waals surface area (Å²) < 4.78 is 34.9. The van der Waals surface area contributed by atoms with E-state index in [2.05, 4.69) is 16.2 Å². The number of hydrazine groups is 1. The first kappa shape index (κ1) is 25.1. The van der Waals surface area contributed by atoms with E-state index in [1.54, 1.807) is 13.8 Å². The zero-order valence-electron chi connectivity index (χ0n) is 16.5. The van der Waals surface area contributed by atoms with Crippen molar-refractivity contribution in [2.45, 2.75) is 38.9 Å². The summed E-state index contributed by atoms with van der Waals surface area (Å²) in [6, 6.07) is 7.31. The topological polar surface area (TPSA) is 154 Å². The van der Waals surface area contributed by atoms with Gasteiger partial charge in [-0.2, -0.15) is 8.42 Å². The standard InChI is InChI=1S/C18H29N3O7S/c1-13(2)16(21-20-9-6-10-29(25,26)27)18(24)28-17(23)15(12-22)19-11-14-7-4-3-5-8-14/h3-5,7-8,13,15-16,19-22H,6,9-12H2,1-2H3,(H,25,26,27)/t15?,16-/m0/s1. The van der Waals surface area contributed by atoms with Gasteiger partial charge in [-0.3, -0.25) is 15.3 Å². The highest BCUT2D eigenvalue weighted by atomic mass is 32.2. The molecule has 0 heterocycles. The second-order valence-electron chi connectivity index (χ2n) is 6.77. The first-order chi connectivity index (χ1) is 13.6. The third-order valence-corrected chi connectivity index (χ3v) is 4.75. The molecule has 10 nitrogen and oxygen atoms in total. The molecule has 0 amide bonds. The molecule has 0 aliphatic heterocycles. The highest BCUT2D eigenvalue weighted by molar-refractivity contribution is 7.85. The Bertz CT molecular complexity index is 741. The van der Waals surface area contributed by atoms with Gasteiger partial charge in [0.15, 0.2) is 0 Å². The summed E-state index contributed by atoms with van der Waals surface area (Å²) in [6.07, 6.45) is 0.126. The van der Waals surface area contributed by atoms with Crippen molar-refractivity contribution >= 4 is 22.1 Å². The van der Waals surface area contributed by atoms with Gasteiger partial charge in [0, 0.05) is 13.1 Å². The van der Waals surface area contributed by atoms with Gasteiger partial charge in [-0.05, 0) is 17.9 Å². The monoisotopic (exact) mass is 431 g/mol. The molecule has 29 heavy (non-hydrogen) atoms. The van der Waals surface area contributed by atoms with E-state index in [0.29, 0.717) is 6.54 Å². The van der Waals surface area contributed by atoms with Crippen molar-refractivity contribution in [3.8, 4) is 0 Å². The molecule has 5 N–H and O–H groups in total. The molecule has 0 aliphatic carbocycles. The first-order valence-electron chi connectivity index (χ1n) is 9.21. The van der Waals surface area contributed by atoms with Gasteiger partial charge in [-0.15, -0.1) is 0 Å². The lowest BCUT2D eigenvalue weighted by Crippen LogP contribution is -2.51. The van der Waals surface area contributed by atoms with Gasteiger partial charge < -0.3 is 9.84 Å². The minimum atomic E-state index is -4.05. The summed E-state index contributed by atoms with van der Waals surface area (Å²) in [5, 5.41) is 12.3. The summed E-state index contributed by atoms with van der Waals surface area (Å²) in [5.74, 6) is -2.38. The predicted octanol–water partition coefficient (Wildman–Crippen LogP) is -0.396. The molecule has 0 bridgehead atoms. The van der Waals surface area contributed by atoms with Crippen LogP contribution in [-0.2, 0) is 31.0 Å². The second kappa shape index (κ2) is 12.6. The molecule has 0 aromatic heterocycles. The highest BCUT2D eigenvalue weighted by Gasteiger charge is 2.28. The third-order valence-electron chi connectivity index (χ3n) is 3.95. The van der Waals surface area contributed by atoms with Gasteiger partial charge in [0.05, 0.1) is 12.4 Å². The van der Waals surface area contributed by atoms with Crippen molar-refractivity contribution in [1.29, 1.82) is 0 Å². The zero-order chi connectivity index (χ0) is 21.9. The maximum atomic E-state index is 12.3. The van der Waals surface area contributed by atoms with Gasteiger partial charge in [0.25, 0.3) is 10.1 Å². The Hall–Kier alpha value is -1.89. The number of hydrogen-bond donors (Lipinski definition) is 5. The molecule has 2 atom stereocenters. The molecular formula is C18H29N3O7S. The quantitative estimate of drug-likeness (QED) is 0.0916. The van der Waals surface area contributed by atoms with Crippen LogP contribution in [0.2, 0.25) is 0 Å². The molecular weight excluding hydrogens is 402 g/mol. The molecule has 164 valence electrons. The summed E-state index contributed by atoms with van der Waals surface area (Å²) in [7, 11) is -4.05. The summed E-state index contributed by atoms with van der Waals surface area (Å²) in [4.78, 5) is 24.5. The van der Waals surface area contributed by atoms with E-state index in [0.717, 1.165) is 5.56 Å². The fourth-order valence-electron chi connectivity index (χ4n) is 2.32. The van der Waals surface area contributed by atoms with Crippen molar-refractivity contribution < 1.29 is 32.4 Å². The smallest absolute Gasteiger partial charge is 0.333 e. The number of benzene rings is 1. The number of nitrogens with one attached hydrogen (secondary N) is 3. The number of hydrogen-bond acceptors (Lipinski definition) is 9. The van der Waals surface area contributed by atoms with Crippen LogP contribution >= 0.6 is 0 Å². The summed E-state index contributed by atoms with van der Waals surface area (Å²) in [6.45, 7) is 3.42. The van der Waals surface area contributed by atoms with Gasteiger partial charge in [-0.1, -0.05) is 44.2 Å². The van der Waals surface area contributed by atoms with Gasteiger partial charge in [0.1, 0.15) is 12.1 Å². The maximum absolute atomic E-state index is 12.3. The van der Waals surface area contributed by atoms with Crippen LogP contribution in [-0.4, -0.2) is 61.0 Å². The minimum Gasteiger partial charge on any atom is -0.394 e. The Morgan fingerprint density at radius 3 is 2.34 bits per heavy atom. The van der Waals surface area contributed by atoms with Crippen LogP contribution in [0.1, 0.15) is 25.8 Å². The van der Waals surface area contributed by atoms with Crippen LogP contribution in [0.25, 0.3) is 0 Å². The number of carbonyl (C=O) groups is 2. The van der Waals surface area contributed by atoms with Crippen LogP contribution < -0.4 is 16.2 Å². The Morgan fingerprint density at radius 1 is 1.14 bits per heavy atom. The van der Waals surface area contributed by atoms with Crippen molar-refractivity contribution in [1.82, 2.24) is 16.2 Å². The number of carbonyl (C=O) groups excluding carboxylic acids is 2. The molecule has 0 saturated heterocycles. The van der Waals surface area contributed by atoms with Crippen LogP contribution in [0.4, 0.5) is 0 Å². The normalized spacial score (nSPS) is 13.8. The van der Waals surface area contributed by atoms with Crippen LogP contribution in [0.15, 0.2) is 30.3 Å². The second-order valence-corrected chi connectivity index (χ2v) is 8.35. The van der Waals surface area contributed by atoms with Crippen molar-refractivity contribution in [2.75, 3.05) is 18.9 Å². The summed E-state index contributed by atoms with van der Waals surface area (Å²) in [5.41, 5.74) is 6.27. The molecule has 0 spiro atoms. The van der Waals surface area contributed by atoms with E-state index in [1.165, 1.54) is 0 Å². The highest BCUT2D eigenvalue weighted by Crippen LogP contribution is 2.05. The summed E-state index contributed by atoms with van der Waals surface area (Å²) >= 11 is 0. The van der Waals surface area contributed by atoms with Crippen molar-refractivity contribution in [3.05, 3.63) is 35.9 Å². The lowest BCUT2D eigenvalue weighted by atomic mass is 10.1. The van der Waals surface area contributed by atoms with Gasteiger partial charge >= 0.3 is 11.9 Å². The van der Waals surface area contributed by atoms with Crippen molar-refractivity contribution in [2.24, 2.45) is 5.92 Å². The fraction of sp³-hybridized carbons (Fsp3) is 0.556. The van der Waals surface area contributed by atoms with Crippen molar-refractivity contribution in [3.63, 3.8) is 0 Å². The van der Waals surface area contributed by atoms with E-state index < -0.39 is 46.5 Å². The SMILES string of the molecule is CC(C)[C@H](NNCCCS(=O)(=O)O)C(=O)OC(=O)C(CO)NCc1ccccc1. The Balaban J connectivity index is 2.50. The predicted molar refractivity (Wildman–Crippen MR) is 106 cm³/mol. The molecule has 0 aliphatic rings. The largest absolute Gasteiger partial charge is 0.394 e. The number of rotatable bonds is 13. The number of aliphatic hydroxyl groups excluding tert-OH is 1. The Kier molecular flexibility index (Phi) is 10.9. The average Bonchev–Trinajstić information content (AvgIpc) is 2.64. The fourth-order valence-corrected chi connectivity index (χ4v) is 2.83. The maximum Gasteiger partial charge on any atom is 0.333 e. The number of aliphatic hydroxyl groups is 1. The van der Waals surface area contributed by atoms with E-state index >= 15 is 0 Å². The van der Waals surface area contributed by atoms with E-state index in [9.17, 15) is 23.1 Å². The molecule has 11 heteroatoms. The molecule has 0 saturated carbocycles. The molecule has 0 radical (unpaired) electrons. The average molecular weight is 432 g/mol. The molecule has 1 unspecified atom stereocenters. The lowest BCUT2D eigenvalue weighted by molar-refractivity contribution is -0.164. The Morgan fingerprint density at radius 2 is 1.79 bits per heavy atom. The molecule has 0 fully saturated rings. The minimum absolute atomic E-state index is 0.126. The van der Waals surface area contributed by atoms with Crippen LogP contribution in [0.5, 0.6) is 0 Å². The van der Waals surface area contributed by atoms with Gasteiger partial charge in [0.2, 0.25) is 0 Å². The third kappa shape index (κ3) is 10.5. The van der Waals surface area contributed by atoms with E-state index in [1.807, 2.05) is 30.3 Å².